The minimum Gasteiger partial charge on any atom is -0.503 e. The van der Waals surface area contributed by atoms with E-state index in [1.165, 1.54) is 42.9 Å². The van der Waals surface area contributed by atoms with Crippen molar-refractivity contribution in [3.63, 3.8) is 0 Å². The lowest BCUT2D eigenvalue weighted by Gasteiger charge is -2.10. The topological polar surface area (TPSA) is 173 Å². The molecule has 4 aromatic heterocycles. The molecule has 0 saturated heterocycles. The van der Waals surface area contributed by atoms with E-state index in [1.807, 2.05) is 0 Å². The van der Waals surface area contributed by atoms with Gasteiger partial charge in [-0.1, -0.05) is 12.1 Å². The zero-order valence-electron chi connectivity index (χ0n) is 16.9. The third-order valence-corrected chi connectivity index (χ3v) is 5.01. The second-order valence-corrected chi connectivity index (χ2v) is 7.09. The molecule has 12 heteroatoms. The third kappa shape index (κ3) is 3.17. The van der Waals surface area contributed by atoms with Crippen LogP contribution in [-0.2, 0) is 0 Å². The Bertz CT molecular complexity index is 1560. The van der Waals surface area contributed by atoms with Crippen LogP contribution in [0.5, 0.6) is 11.6 Å². The lowest BCUT2D eigenvalue weighted by atomic mass is 10.0. The highest BCUT2D eigenvalue weighted by Crippen LogP contribution is 2.44. The molecule has 33 heavy (non-hydrogen) atoms. The second kappa shape index (κ2) is 7.30. The highest BCUT2D eigenvalue weighted by molar-refractivity contribution is 6.14. The van der Waals surface area contributed by atoms with Gasteiger partial charge in [-0.05, 0) is 19.1 Å². The SMILES string of the molecule is Cc1ccc(C(=O)c2c(O)c(O)n(-c3ncc4[nH]cnc4n3)c2-c2cccc([N+](=O)[O-])c2)o1. The van der Waals surface area contributed by atoms with Gasteiger partial charge in [0.1, 0.15) is 11.3 Å². The molecule has 0 aliphatic heterocycles. The number of nitrogens with one attached hydrogen (secondary N) is 1. The van der Waals surface area contributed by atoms with Crippen LogP contribution in [0.3, 0.4) is 0 Å². The number of aromatic hydroxyl groups is 2. The molecule has 12 nitrogen and oxygen atoms in total. The van der Waals surface area contributed by atoms with Crippen molar-refractivity contribution in [1.29, 1.82) is 0 Å². The number of carbonyl (C=O) groups excluding carboxylic acids is 1. The molecule has 5 aromatic rings. The van der Waals surface area contributed by atoms with Crippen molar-refractivity contribution in [3.8, 4) is 28.8 Å². The molecule has 0 atom stereocenters. The maximum absolute atomic E-state index is 13.3. The van der Waals surface area contributed by atoms with Crippen LogP contribution in [0.25, 0.3) is 28.4 Å². The van der Waals surface area contributed by atoms with Crippen LogP contribution in [0.2, 0.25) is 0 Å². The van der Waals surface area contributed by atoms with Gasteiger partial charge in [0.15, 0.2) is 17.2 Å². The number of fused-ring (bicyclic) bond motifs is 1. The first-order chi connectivity index (χ1) is 15.8. The summed E-state index contributed by atoms with van der Waals surface area (Å²) >= 11 is 0. The zero-order chi connectivity index (χ0) is 23.3. The summed E-state index contributed by atoms with van der Waals surface area (Å²) < 4.78 is 6.44. The van der Waals surface area contributed by atoms with Gasteiger partial charge in [0.2, 0.25) is 17.6 Å². The predicted octanol–water partition coefficient (Wildman–Crippen LogP) is 3.26. The number of carbonyl (C=O) groups is 1. The van der Waals surface area contributed by atoms with Gasteiger partial charge < -0.3 is 19.6 Å². The largest absolute Gasteiger partial charge is 0.503 e. The second-order valence-electron chi connectivity index (χ2n) is 7.09. The Kier molecular flexibility index (Phi) is 4.41. The summed E-state index contributed by atoms with van der Waals surface area (Å²) in [7, 11) is 0. The summed E-state index contributed by atoms with van der Waals surface area (Å²) in [6.07, 6.45) is 2.82. The number of H-pyrrole nitrogens is 1. The Balaban J connectivity index is 1.83. The first-order valence-corrected chi connectivity index (χ1v) is 9.54. The molecule has 0 aliphatic rings. The molecule has 0 spiro atoms. The number of rotatable bonds is 5. The number of nitrogens with zero attached hydrogens (tertiary/aromatic N) is 5. The lowest BCUT2D eigenvalue weighted by molar-refractivity contribution is -0.384. The van der Waals surface area contributed by atoms with E-state index < -0.39 is 22.3 Å². The highest BCUT2D eigenvalue weighted by Gasteiger charge is 2.32. The van der Waals surface area contributed by atoms with E-state index in [0.29, 0.717) is 11.3 Å². The maximum Gasteiger partial charge on any atom is 0.270 e. The van der Waals surface area contributed by atoms with Crippen molar-refractivity contribution in [2.24, 2.45) is 0 Å². The average Bonchev–Trinajstić information content (AvgIpc) is 3.51. The van der Waals surface area contributed by atoms with Gasteiger partial charge in [0.05, 0.1) is 28.7 Å². The maximum atomic E-state index is 13.3. The summed E-state index contributed by atoms with van der Waals surface area (Å²) in [5, 5.41) is 32.9. The molecule has 4 heterocycles. The smallest absolute Gasteiger partial charge is 0.270 e. The normalized spacial score (nSPS) is 11.2. The summed E-state index contributed by atoms with van der Waals surface area (Å²) in [6.45, 7) is 1.65. The fourth-order valence-corrected chi connectivity index (χ4v) is 3.51. The number of hydrogen-bond donors (Lipinski definition) is 3. The molecule has 0 aliphatic carbocycles. The van der Waals surface area contributed by atoms with E-state index in [0.717, 1.165) is 4.57 Å². The van der Waals surface area contributed by atoms with Gasteiger partial charge in [-0.2, -0.15) is 4.98 Å². The van der Waals surface area contributed by atoms with E-state index in [9.17, 15) is 25.1 Å². The number of non-ortho nitro benzene ring substituents is 1. The van der Waals surface area contributed by atoms with Crippen molar-refractivity contribution in [2.45, 2.75) is 6.92 Å². The Morgan fingerprint density at radius 1 is 1.21 bits per heavy atom. The molecule has 1 aromatic carbocycles. The number of furan rings is 1. The molecule has 0 unspecified atom stereocenters. The van der Waals surface area contributed by atoms with E-state index in [1.54, 1.807) is 13.0 Å². The Morgan fingerprint density at radius 2 is 2.03 bits per heavy atom. The van der Waals surface area contributed by atoms with Gasteiger partial charge in [-0.3, -0.25) is 14.9 Å². The van der Waals surface area contributed by atoms with Crippen LogP contribution in [-0.4, -0.2) is 45.4 Å². The molecule has 164 valence electrons. The van der Waals surface area contributed by atoms with E-state index in [2.05, 4.69) is 19.9 Å². The van der Waals surface area contributed by atoms with Gasteiger partial charge >= 0.3 is 0 Å². The Labute approximate surface area is 183 Å². The molecule has 0 bridgehead atoms. The van der Waals surface area contributed by atoms with E-state index in [4.69, 9.17) is 4.42 Å². The summed E-state index contributed by atoms with van der Waals surface area (Å²) in [5.41, 5.74) is 0.323. The predicted molar refractivity (Wildman–Crippen MR) is 113 cm³/mol. The van der Waals surface area contributed by atoms with Crippen molar-refractivity contribution in [2.75, 3.05) is 0 Å². The minimum absolute atomic E-state index is 0.0531. The van der Waals surface area contributed by atoms with Crippen LogP contribution in [0.1, 0.15) is 21.9 Å². The van der Waals surface area contributed by atoms with Crippen LogP contribution in [0.15, 0.2) is 53.3 Å². The molecular formula is C21H14N6O6. The number of aryl methyl sites for hydroxylation is 1. The number of aromatic amines is 1. The molecular weight excluding hydrogens is 432 g/mol. The van der Waals surface area contributed by atoms with Crippen LogP contribution >= 0.6 is 0 Å². The Morgan fingerprint density at radius 3 is 2.76 bits per heavy atom. The molecule has 0 saturated carbocycles. The fourth-order valence-electron chi connectivity index (χ4n) is 3.51. The van der Waals surface area contributed by atoms with E-state index >= 15 is 0 Å². The first-order valence-electron chi connectivity index (χ1n) is 9.54. The van der Waals surface area contributed by atoms with Crippen molar-refractivity contribution >= 4 is 22.6 Å². The highest BCUT2D eigenvalue weighted by atomic mass is 16.6. The van der Waals surface area contributed by atoms with Crippen molar-refractivity contribution in [1.82, 2.24) is 24.5 Å². The number of hydrogen-bond acceptors (Lipinski definition) is 9. The van der Waals surface area contributed by atoms with Gasteiger partial charge in [-0.15, -0.1) is 0 Å². The van der Waals surface area contributed by atoms with Gasteiger partial charge in [0, 0.05) is 17.7 Å². The quantitative estimate of drug-likeness (QED) is 0.208. The summed E-state index contributed by atoms with van der Waals surface area (Å²) in [5.74, 6) is -1.95. The fraction of sp³-hybridized carbons (Fsp3) is 0.0476. The molecule has 0 radical (unpaired) electrons. The minimum atomic E-state index is -0.749. The number of aromatic nitrogens is 5. The van der Waals surface area contributed by atoms with Crippen LogP contribution in [0.4, 0.5) is 5.69 Å². The third-order valence-electron chi connectivity index (χ3n) is 5.01. The first kappa shape index (κ1) is 19.9. The molecule has 5 rings (SSSR count). The Hall–Kier alpha value is -5.00. The van der Waals surface area contributed by atoms with Gasteiger partial charge in [-0.25, -0.2) is 14.5 Å². The zero-order valence-corrected chi connectivity index (χ0v) is 16.9. The summed E-state index contributed by atoms with van der Waals surface area (Å²) in [4.78, 5) is 39.4. The van der Waals surface area contributed by atoms with Crippen LogP contribution in [0, 0.1) is 17.0 Å². The number of nitro groups is 1. The molecule has 0 amide bonds. The average molecular weight is 446 g/mol. The van der Waals surface area contributed by atoms with Crippen molar-refractivity contribution in [3.05, 3.63) is 76.1 Å². The molecule has 0 fully saturated rings. The van der Waals surface area contributed by atoms with Crippen molar-refractivity contribution < 1.29 is 24.3 Å². The standard InChI is InChI=1S/C21H14N6O6/c1-10-5-6-14(33-10)17(28)15-16(11-3-2-4-12(7-11)27(31)32)26(20(30)18(15)29)21-22-8-13-19(25-21)24-9-23-13/h2-9,29-30H,1H3,(H,22,23,24,25). The molecule has 3 N–H and O–H groups in total. The van der Waals surface area contributed by atoms with E-state index in [-0.39, 0.29) is 39.9 Å². The summed E-state index contributed by atoms with van der Waals surface area (Å²) in [6, 6.07) is 8.40. The number of benzene rings is 1. The monoisotopic (exact) mass is 446 g/mol. The number of ketones is 1. The lowest BCUT2D eigenvalue weighted by Crippen LogP contribution is -2.06. The van der Waals surface area contributed by atoms with Crippen LogP contribution < -0.4 is 0 Å². The number of imidazole rings is 1. The number of nitro benzene ring substituents is 1. The van der Waals surface area contributed by atoms with Gasteiger partial charge in [0.25, 0.3) is 5.69 Å².